The fraction of sp³-hybridized carbons (Fsp3) is 0.296. The maximum Gasteiger partial charge on any atom is 0.135 e. The van der Waals surface area contributed by atoms with Crippen LogP contribution in [0, 0.1) is 0 Å². The number of anilines is 1. The number of benzene rings is 1. The average molecular weight is 452 g/mol. The first-order valence-electron chi connectivity index (χ1n) is 12.0. The molecule has 34 heavy (non-hydrogen) atoms. The predicted octanol–water partition coefficient (Wildman–Crippen LogP) is 5.22. The van der Waals surface area contributed by atoms with Gasteiger partial charge in [-0.15, -0.1) is 0 Å². The van der Waals surface area contributed by atoms with E-state index in [9.17, 15) is 0 Å². The maximum atomic E-state index is 5.01. The quantitative estimate of drug-likeness (QED) is 0.383. The molecule has 0 bridgehead atoms. The van der Waals surface area contributed by atoms with Gasteiger partial charge in [0, 0.05) is 54.2 Å². The molecule has 172 valence electrons. The number of piperidine rings is 1. The van der Waals surface area contributed by atoms with Crippen molar-refractivity contribution in [3.05, 3.63) is 60.4 Å². The molecule has 0 radical (unpaired) electrons. The van der Waals surface area contributed by atoms with Gasteiger partial charge in [0.15, 0.2) is 0 Å². The molecule has 4 aromatic heterocycles. The van der Waals surface area contributed by atoms with Crippen LogP contribution in [-0.4, -0.2) is 57.2 Å². The molecule has 7 nitrogen and oxygen atoms in total. The van der Waals surface area contributed by atoms with Gasteiger partial charge in [-0.05, 0) is 75.3 Å². The lowest BCUT2D eigenvalue weighted by Gasteiger charge is -2.29. The van der Waals surface area contributed by atoms with Gasteiger partial charge in [0.25, 0.3) is 0 Å². The Morgan fingerprint density at radius 3 is 2.71 bits per heavy atom. The number of nitrogens with one attached hydrogen (secondary N) is 2. The Bertz CT molecular complexity index is 1460. The molecule has 0 aliphatic carbocycles. The van der Waals surface area contributed by atoms with Crippen LogP contribution in [0.2, 0.25) is 0 Å². The van der Waals surface area contributed by atoms with Crippen molar-refractivity contribution in [2.45, 2.75) is 25.8 Å². The third kappa shape index (κ3) is 3.82. The monoisotopic (exact) mass is 451 g/mol. The molecule has 1 aliphatic rings. The molecular formula is C27H29N7. The third-order valence-corrected chi connectivity index (χ3v) is 6.59. The standard InChI is InChI=1S/C27H29N7/c1-33(2)17-18-13-19(16-28-15-18)21-9-10-23-26(30-21)27(32-31-23)24-14-20-22(29-24)7-6-8-25(20)34-11-4-3-5-12-34/h6-10,13-16,29H,3-5,11-12,17H2,1-2H3,(H,31,32). The van der Waals surface area contributed by atoms with Crippen LogP contribution in [-0.2, 0) is 6.54 Å². The Morgan fingerprint density at radius 2 is 1.85 bits per heavy atom. The van der Waals surface area contributed by atoms with Crippen molar-refractivity contribution in [2.75, 3.05) is 32.1 Å². The van der Waals surface area contributed by atoms with Gasteiger partial charge in [0.1, 0.15) is 11.2 Å². The summed E-state index contributed by atoms with van der Waals surface area (Å²) in [5, 5.41) is 9.04. The minimum atomic E-state index is 0.842. The topological polar surface area (TPSA) is 76.7 Å². The van der Waals surface area contributed by atoms with E-state index in [1.54, 1.807) is 0 Å². The number of H-pyrrole nitrogens is 2. The minimum absolute atomic E-state index is 0.842. The smallest absolute Gasteiger partial charge is 0.135 e. The third-order valence-electron chi connectivity index (χ3n) is 6.59. The molecule has 1 aliphatic heterocycles. The molecule has 1 saturated heterocycles. The van der Waals surface area contributed by atoms with Gasteiger partial charge in [-0.1, -0.05) is 6.07 Å². The van der Waals surface area contributed by atoms with Crippen molar-refractivity contribution in [3.63, 3.8) is 0 Å². The molecule has 7 heteroatoms. The SMILES string of the molecule is CN(C)Cc1cncc(-c2ccc3[nH]nc(-c4cc5c(N6CCCCC6)cccc5[nH]4)c3n2)c1. The van der Waals surface area contributed by atoms with Crippen LogP contribution < -0.4 is 4.90 Å². The second kappa shape index (κ2) is 8.57. The van der Waals surface area contributed by atoms with Crippen molar-refractivity contribution in [2.24, 2.45) is 0 Å². The van der Waals surface area contributed by atoms with Crippen molar-refractivity contribution < 1.29 is 0 Å². The number of nitrogens with zero attached hydrogens (tertiary/aromatic N) is 5. The zero-order valence-electron chi connectivity index (χ0n) is 19.7. The van der Waals surface area contributed by atoms with E-state index in [-0.39, 0.29) is 0 Å². The summed E-state index contributed by atoms with van der Waals surface area (Å²) in [6.07, 6.45) is 7.63. The van der Waals surface area contributed by atoms with Crippen LogP contribution in [0.3, 0.4) is 0 Å². The fourth-order valence-electron chi connectivity index (χ4n) is 5.00. The highest BCUT2D eigenvalue weighted by Gasteiger charge is 2.18. The minimum Gasteiger partial charge on any atom is -0.371 e. The first-order chi connectivity index (χ1) is 16.7. The lowest BCUT2D eigenvalue weighted by molar-refractivity contribution is 0.402. The molecule has 0 amide bonds. The maximum absolute atomic E-state index is 5.01. The highest BCUT2D eigenvalue weighted by atomic mass is 15.1. The molecule has 0 atom stereocenters. The molecule has 1 aromatic carbocycles. The molecule has 1 fully saturated rings. The van der Waals surface area contributed by atoms with Gasteiger partial charge in [-0.2, -0.15) is 5.10 Å². The van der Waals surface area contributed by atoms with E-state index in [1.807, 2.05) is 18.5 Å². The van der Waals surface area contributed by atoms with Gasteiger partial charge < -0.3 is 14.8 Å². The van der Waals surface area contributed by atoms with E-state index >= 15 is 0 Å². The van der Waals surface area contributed by atoms with E-state index in [0.29, 0.717) is 0 Å². The highest BCUT2D eigenvalue weighted by molar-refractivity contribution is 5.99. The Balaban J connectivity index is 1.41. The largest absolute Gasteiger partial charge is 0.371 e. The fourth-order valence-corrected chi connectivity index (χ4v) is 5.00. The molecule has 0 unspecified atom stereocenters. The van der Waals surface area contributed by atoms with E-state index < -0.39 is 0 Å². The van der Waals surface area contributed by atoms with Crippen molar-refractivity contribution in [3.8, 4) is 22.6 Å². The van der Waals surface area contributed by atoms with E-state index in [2.05, 4.69) is 80.5 Å². The van der Waals surface area contributed by atoms with Gasteiger partial charge >= 0.3 is 0 Å². The first kappa shape index (κ1) is 20.9. The molecule has 0 spiro atoms. The summed E-state index contributed by atoms with van der Waals surface area (Å²) in [6, 6.07) is 15.0. The number of pyridine rings is 2. The van der Waals surface area contributed by atoms with E-state index in [0.717, 1.165) is 64.4 Å². The number of rotatable bonds is 5. The lowest BCUT2D eigenvalue weighted by atomic mass is 10.1. The van der Waals surface area contributed by atoms with Crippen LogP contribution in [0.5, 0.6) is 0 Å². The molecule has 0 saturated carbocycles. The zero-order chi connectivity index (χ0) is 23.1. The number of hydrogen-bond donors (Lipinski definition) is 2. The van der Waals surface area contributed by atoms with Crippen molar-refractivity contribution in [1.82, 2.24) is 30.0 Å². The van der Waals surface area contributed by atoms with Crippen molar-refractivity contribution >= 4 is 27.6 Å². The van der Waals surface area contributed by atoms with Crippen LogP contribution in [0.15, 0.2) is 54.9 Å². The van der Waals surface area contributed by atoms with E-state index in [4.69, 9.17) is 4.98 Å². The first-order valence-corrected chi connectivity index (χ1v) is 12.0. The Hall–Kier alpha value is -3.71. The number of hydrogen-bond acceptors (Lipinski definition) is 5. The lowest BCUT2D eigenvalue weighted by Crippen LogP contribution is -2.29. The zero-order valence-corrected chi connectivity index (χ0v) is 19.7. The van der Waals surface area contributed by atoms with Gasteiger partial charge in [-0.3, -0.25) is 10.1 Å². The summed E-state index contributed by atoms with van der Waals surface area (Å²) >= 11 is 0. The number of aromatic amines is 2. The van der Waals surface area contributed by atoms with Crippen molar-refractivity contribution in [1.29, 1.82) is 0 Å². The highest BCUT2D eigenvalue weighted by Crippen LogP contribution is 2.34. The second-order valence-electron chi connectivity index (χ2n) is 9.45. The predicted molar refractivity (Wildman–Crippen MR) is 138 cm³/mol. The Labute approximate surface area is 198 Å². The summed E-state index contributed by atoms with van der Waals surface area (Å²) in [6.45, 7) is 3.09. The van der Waals surface area contributed by atoms with Gasteiger partial charge in [0.05, 0.1) is 16.9 Å². The molecule has 5 heterocycles. The Morgan fingerprint density at radius 1 is 0.971 bits per heavy atom. The molecule has 5 aromatic rings. The summed E-state index contributed by atoms with van der Waals surface area (Å²) in [5.74, 6) is 0. The molecule has 2 N–H and O–H groups in total. The molecule has 6 rings (SSSR count). The molecular weight excluding hydrogens is 422 g/mol. The van der Waals surface area contributed by atoms with Crippen LogP contribution in [0.25, 0.3) is 44.6 Å². The number of aromatic nitrogens is 5. The summed E-state index contributed by atoms with van der Waals surface area (Å²) in [5.41, 5.74) is 9.11. The second-order valence-corrected chi connectivity index (χ2v) is 9.45. The number of fused-ring (bicyclic) bond motifs is 2. The van der Waals surface area contributed by atoms with E-state index in [1.165, 1.54) is 30.3 Å². The summed E-state index contributed by atoms with van der Waals surface area (Å²) in [7, 11) is 4.12. The van der Waals surface area contributed by atoms with Crippen LogP contribution >= 0.6 is 0 Å². The normalized spacial score (nSPS) is 14.5. The van der Waals surface area contributed by atoms with Crippen LogP contribution in [0.4, 0.5) is 5.69 Å². The summed E-state index contributed by atoms with van der Waals surface area (Å²) in [4.78, 5) is 17.7. The summed E-state index contributed by atoms with van der Waals surface area (Å²) < 4.78 is 0. The van der Waals surface area contributed by atoms with Gasteiger partial charge in [-0.25, -0.2) is 4.98 Å². The van der Waals surface area contributed by atoms with Gasteiger partial charge in [0.2, 0.25) is 0 Å². The van der Waals surface area contributed by atoms with Crippen LogP contribution in [0.1, 0.15) is 24.8 Å². The average Bonchev–Trinajstić information content (AvgIpc) is 3.48. The Kier molecular flexibility index (Phi) is 5.26.